The van der Waals surface area contributed by atoms with E-state index >= 15 is 0 Å². The SMILES string of the molecule is CCCCCCCC/C=C\CCCCCC(=O)OC(CCCCC/C=C/CCCCCCCCC)CC(=O)NC(CO)C(O)CCCCCCCCCCCCC. The molecule has 336 valence electrons. The lowest BCUT2D eigenvalue weighted by Crippen LogP contribution is -2.46. The lowest BCUT2D eigenvalue weighted by molar-refractivity contribution is -0.151. The summed E-state index contributed by atoms with van der Waals surface area (Å²) in [5.41, 5.74) is 0. The van der Waals surface area contributed by atoms with E-state index < -0.39 is 18.2 Å². The highest BCUT2D eigenvalue weighted by molar-refractivity contribution is 5.77. The maximum Gasteiger partial charge on any atom is 0.306 e. The van der Waals surface area contributed by atoms with Gasteiger partial charge in [-0.15, -0.1) is 0 Å². The van der Waals surface area contributed by atoms with Gasteiger partial charge in [0.15, 0.2) is 0 Å². The zero-order valence-electron chi connectivity index (χ0n) is 38.2. The molecule has 0 aromatic rings. The third kappa shape index (κ3) is 40.9. The van der Waals surface area contributed by atoms with Crippen LogP contribution in [0.5, 0.6) is 0 Å². The first-order chi connectivity index (χ1) is 28.0. The van der Waals surface area contributed by atoms with Gasteiger partial charge in [-0.1, -0.05) is 199 Å². The minimum Gasteiger partial charge on any atom is -0.462 e. The second kappa shape index (κ2) is 45.4. The van der Waals surface area contributed by atoms with Gasteiger partial charge in [-0.2, -0.15) is 0 Å². The standard InChI is InChI=1S/C51H97NO5/c1-4-7-10-13-16-19-22-24-26-28-30-33-36-39-42-47(57-51(56)44-41-38-35-32-29-25-23-20-17-14-11-8-5-2)45-50(55)52-48(46-53)49(54)43-40-37-34-31-27-21-18-15-12-9-6-3/h25-26,28-29,47-49,53-54H,4-24,27,30-46H2,1-3H3,(H,52,55)/b28-26+,29-25-. The highest BCUT2D eigenvalue weighted by atomic mass is 16.5. The Labute approximate surface area is 354 Å². The minimum absolute atomic E-state index is 0.0646. The van der Waals surface area contributed by atoms with E-state index in [1.165, 1.54) is 148 Å². The van der Waals surface area contributed by atoms with E-state index in [0.717, 1.165) is 70.6 Å². The Morgan fingerprint density at radius 1 is 0.491 bits per heavy atom. The zero-order valence-corrected chi connectivity index (χ0v) is 38.2. The quantitative estimate of drug-likeness (QED) is 0.0324. The molecule has 0 aliphatic carbocycles. The summed E-state index contributed by atoms with van der Waals surface area (Å²) in [6.07, 6.45) is 50.9. The van der Waals surface area contributed by atoms with Gasteiger partial charge in [0.05, 0.1) is 25.2 Å². The highest BCUT2D eigenvalue weighted by Gasteiger charge is 2.24. The molecule has 1 amide bonds. The molecule has 0 aromatic carbocycles. The van der Waals surface area contributed by atoms with E-state index in [-0.39, 0.29) is 24.9 Å². The van der Waals surface area contributed by atoms with Crippen molar-refractivity contribution in [3.8, 4) is 0 Å². The molecule has 0 fully saturated rings. The molecule has 0 saturated heterocycles. The van der Waals surface area contributed by atoms with Gasteiger partial charge in [0, 0.05) is 6.42 Å². The molecule has 3 N–H and O–H groups in total. The molecule has 0 rings (SSSR count). The second-order valence-electron chi connectivity index (χ2n) is 17.2. The average Bonchev–Trinajstić information content (AvgIpc) is 3.20. The van der Waals surface area contributed by atoms with E-state index in [1.807, 2.05) is 0 Å². The lowest BCUT2D eigenvalue weighted by Gasteiger charge is -2.24. The normalized spacial score (nSPS) is 13.4. The van der Waals surface area contributed by atoms with Crippen LogP contribution in [0.2, 0.25) is 0 Å². The Kier molecular flexibility index (Phi) is 44.1. The number of ether oxygens (including phenoxy) is 1. The molecular formula is C51H97NO5. The second-order valence-corrected chi connectivity index (χ2v) is 17.2. The van der Waals surface area contributed by atoms with Crippen LogP contribution in [0.15, 0.2) is 24.3 Å². The Morgan fingerprint density at radius 2 is 0.842 bits per heavy atom. The molecule has 0 aliphatic heterocycles. The number of nitrogens with one attached hydrogen (secondary N) is 1. The van der Waals surface area contributed by atoms with Crippen LogP contribution < -0.4 is 5.32 Å². The van der Waals surface area contributed by atoms with E-state index in [9.17, 15) is 19.8 Å². The van der Waals surface area contributed by atoms with Crippen LogP contribution in [-0.4, -0.2) is 46.9 Å². The van der Waals surface area contributed by atoms with E-state index in [4.69, 9.17) is 4.74 Å². The summed E-state index contributed by atoms with van der Waals surface area (Å²) in [5, 5.41) is 23.7. The van der Waals surface area contributed by atoms with Crippen molar-refractivity contribution in [1.82, 2.24) is 5.32 Å². The van der Waals surface area contributed by atoms with Gasteiger partial charge in [-0.05, 0) is 77.0 Å². The van der Waals surface area contributed by atoms with Crippen LogP contribution in [0.1, 0.15) is 265 Å². The third-order valence-electron chi connectivity index (χ3n) is 11.5. The number of hydrogen-bond donors (Lipinski definition) is 3. The number of hydrogen-bond acceptors (Lipinski definition) is 5. The maximum atomic E-state index is 13.2. The summed E-state index contributed by atoms with van der Waals surface area (Å²) in [6.45, 7) is 6.46. The summed E-state index contributed by atoms with van der Waals surface area (Å²) < 4.78 is 5.91. The summed E-state index contributed by atoms with van der Waals surface area (Å²) in [5.74, 6) is -0.499. The Hall–Kier alpha value is -1.66. The monoisotopic (exact) mass is 804 g/mol. The van der Waals surface area contributed by atoms with Crippen molar-refractivity contribution in [1.29, 1.82) is 0 Å². The number of carbonyl (C=O) groups excluding carboxylic acids is 2. The smallest absolute Gasteiger partial charge is 0.306 e. The summed E-state index contributed by atoms with van der Waals surface area (Å²) in [7, 11) is 0. The predicted molar refractivity (Wildman–Crippen MR) is 246 cm³/mol. The Bertz CT molecular complexity index is 904. The number of aliphatic hydroxyl groups excluding tert-OH is 2. The first-order valence-corrected chi connectivity index (χ1v) is 25.1. The molecule has 0 heterocycles. The molecular weight excluding hydrogens is 707 g/mol. The van der Waals surface area contributed by atoms with Crippen molar-refractivity contribution < 1.29 is 24.5 Å². The van der Waals surface area contributed by atoms with E-state index in [0.29, 0.717) is 19.3 Å². The van der Waals surface area contributed by atoms with Crippen molar-refractivity contribution in [3.05, 3.63) is 24.3 Å². The van der Waals surface area contributed by atoms with Gasteiger partial charge < -0.3 is 20.3 Å². The topological polar surface area (TPSA) is 95.9 Å². The summed E-state index contributed by atoms with van der Waals surface area (Å²) in [6, 6.07) is -0.704. The first kappa shape index (κ1) is 55.3. The molecule has 6 heteroatoms. The number of rotatable bonds is 45. The van der Waals surface area contributed by atoms with Crippen LogP contribution in [-0.2, 0) is 14.3 Å². The third-order valence-corrected chi connectivity index (χ3v) is 11.5. The maximum absolute atomic E-state index is 13.2. The minimum atomic E-state index is -0.789. The van der Waals surface area contributed by atoms with Crippen LogP contribution in [0.4, 0.5) is 0 Å². The molecule has 0 aliphatic rings. The Morgan fingerprint density at radius 3 is 1.26 bits per heavy atom. The van der Waals surface area contributed by atoms with Crippen molar-refractivity contribution in [3.63, 3.8) is 0 Å². The predicted octanol–water partition coefficient (Wildman–Crippen LogP) is 14.7. The molecule has 0 bridgehead atoms. The fourth-order valence-electron chi connectivity index (χ4n) is 7.65. The van der Waals surface area contributed by atoms with Gasteiger partial charge in [0.25, 0.3) is 0 Å². The molecule has 0 saturated carbocycles. The zero-order chi connectivity index (χ0) is 41.7. The van der Waals surface area contributed by atoms with Gasteiger partial charge in [-0.25, -0.2) is 0 Å². The number of carbonyl (C=O) groups is 2. The summed E-state index contributed by atoms with van der Waals surface area (Å²) >= 11 is 0. The molecule has 57 heavy (non-hydrogen) atoms. The van der Waals surface area contributed by atoms with Crippen molar-refractivity contribution in [2.24, 2.45) is 0 Å². The fraction of sp³-hybridized carbons (Fsp3) is 0.882. The molecule has 0 aromatic heterocycles. The van der Waals surface area contributed by atoms with E-state index in [1.54, 1.807) is 0 Å². The van der Waals surface area contributed by atoms with Gasteiger partial charge in [0.2, 0.25) is 5.91 Å². The lowest BCUT2D eigenvalue weighted by atomic mass is 10.0. The van der Waals surface area contributed by atoms with Crippen LogP contribution in [0.3, 0.4) is 0 Å². The number of unbranched alkanes of at least 4 members (excludes halogenated alkanes) is 29. The molecule has 3 unspecified atom stereocenters. The largest absolute Gasteiger partial charge is 0.462 e. The summed E-state index contributed by atoms with van der Waals surface area (Å²) in [4.78, 5) is 26.1. The molecule has 0 spiro atoms. The molecule has 0 radical (unpaired) electrons. The van der Waals surface area contributed by atoms with Crippen LogP contribution >= 0.6 is 0 Å². The van der Waals surface area contributed by atoms with E-state index in [2.05, 4.69) is 50.4 Å². The number of aliphatic hydroxyl groups is 2. The number of allylic oxidation sites excluding steroid dienone is 4. The number of amides is 1. The average molecular weight is 804 g/mol. The van der Waals surface area contributed by atoms with Crippen LogP contribution in [0.25, 0.3) is 0 Å². The first-order valence-electron chi connectivity index (χ1n) is 25.1. The van der Waals surface area contributed by atoms with Crippen molar-refractivity contribution >= 4 is 11.9 Å². The number of esters is 1. The van der Waals surface area contributed by atoms with Gasteiger partial charge in [-0.3, -0.25) is 9.59 Å². The van der Waals surface area contributed by atoms with Crippen molar-refractivity contribution in [2.75, 3.05) is 6.61 Å². The van der Waals surface area contributed by atoms with Gasteiger partial charge >= 0.3 is 5.97 Å². The highest BCUT2D eigenvalue weighted by Crippen LogP contribution is 2.17. The molecule has 6 nitrogen and oxygen atoms in total. The Balaban J connectivity index is 4.62. The fourth-order valence-corrected chi connectivity index (χ4v) is 7.65. The van der Waals surface area contributed by atoms with Crippen molar-refractivity contribution in [2.45, 2.75) is 283 Å². The van der Waals surface area contributed by atoms with Gasteiger partial charge in [0.1, 0.15) is 6.10 Å². The van der Waals surface area contributed by atoms with Crippen LogP contribution in [0, 0.1) is 0 Å². The molecule has 3 atom stereocenters.